The van der Waals surface area contributed by atoms with Crippen LogP contribution in [0.5, 0.6) is 0 Å². The number of hydrogen-bond donors (Lipinski definition) is 0. The smallest absolute Gasteiger partial charge is 0.274 e. The maximum absolute atomic E-state index is 13.0. The van der Waals surface area contributed by atoms with E-state index in [2.05, 4.69) is 5.10 Å². The first-order valence-corrected chi connectivity index (χ1v) is 12.2. The lowest BCUT2D eigenvalue weighted by Crippen LogP contribution is -2.50. The average Bonchev–Trinajstić information content (AvgIpc) is 3.24. The van der Waals surface area contributed by atoms with Crippen LogP contribution in [0.15, 0.2) is 12.3 Å². The number of sulfonamides is 1. The first-order valence-electron chi connectivity index (χ1n) is 10.3. The monoisotopic (exact) mass is 410 g/mol. The number of hydrogen-bond acceptors (Lipinski definition) is 5. The van der Waals surface area contributed by atoms with Gasteiger partial charge in [0.1, 0.15) is 5.69 Å². The number of ether oxygens (including phenoxy) is 1. The molecule has 1 aromatic heterocycles. The molecule has 1 unspecified atom stereocenters. The van der Waals surface area contributed by atoms with E-state index in [1.165, 1.54) is 10.6 Å². The number of carbonyl (C=O) groups is 1. The fourth-order valence-electron chi connectivity index (χ4n) is 4.93. The summed E-state index contributed by atoms with van der Waals surface area (Å²) in [5, 5.41) is 4.38. The lowest BCUT2D eigenvalue weighted by molar-refractivity contribution is -0.0690. The van der Waals surface area contributed by atoms with Crippen LogP contribution in [-0.4, -0.2) is 76.9 Å². The van der Waals surface area contributed by atoms with Gasteiger partial charge < -0.3 is 9.64 Å². The Bertz CT molecular complexity index is 802. The summed E-state index contributed by atoms with van der Waals surface area (Å²) in [5.41, 5.74) is 0.534. The lowest BCUT2D eigenvalue weighted by Gasteiger charge is -2.40. The summed E-state index contributed by atoms with van der Waals surface area (Å²) in [6.07, 6.45) is 8.66. The molecule has 1 aromatic rings. The van der Waals surface area contributed by atoms with E-state index in [1.54, 1.807) is 4.68 Å². The molecule has 28 heavy (non-hydrogen) atoms. The topological polar surface area (TPSA) is 84.7 Å². The van der Waals surface area contributed by atoms with Crippen molar-refractivity contribution in [1.82, 2.24) is 19.0 Å². The van der Waals surface area contributed by atoms with Crippen LogP contribution < -0.4 is 0 Å². The molecular weight excluding hydrogens is 380 g/mol. The van der Waals surface area contributed by atoms with Gasteiger partial charge in [0.2, 0.25) is 10.0 Å². The molecule has 2 bridgehead atoms. The van der Waals surface area contributed by atoms with Gasteiger partial charge in [-0.2, -0.15) is 5.10 Å². The van der Waals surface area contributed by atoms with E-state index >= 15 is 0 Å². The molecule has 0 saturated carbocycles. The minimum atomic E-state index is -3.11. The summed E-state index contributed by atoms with van der Waals surface area (Å²) >= 11 is 0. The molecule has 0 N–H and O–H groups in total. The largest absolute Gasteiger partial charge is 0.375 e. The van der Waals surface area contributed by atoms with E-state index in [4.69, 9.17) is 4.74 Å². The van der Waals surface area contributed by atoms with Crippen LogP contribution in [-0.2, 0) is 21.3 Å². The lowest BCUT2D eigenvalue weighted by atomic mass is 9.98. The molecule has 3 fully saturated rings. The van der Waals surface area contributed by atoms with Gasteiger partial charge in [0, 0.05) is 37.9 Å². The van der Waals surface area contributed by atoms with Gasteiger partial charge in [0.15, 0.2) is 0 Å². The molecule has 8 nitrogen and oxygen atoms in total. The van der Waals surface area contributed by atoms with Crippen molar-refractivity contribution in [3.63, 3.8) is 0 Å². The van der Waals surface area contributed by atoms with Gasteiger partial charge in [-0.15, -0.1) is 0 Å². The van der Waals surface area contributed by atoms with Gasteiger partial charge in [-0.05, 0) is 51.5 Å². The summed E-state index contributed by atoms with van der Waals surface area (Å²) < 4.78 is 33.0. The fraction of sp³-hybridized carbons (Fsp3) is 0.789. The summed E-state index contributed by atoms with van der Waals surface area (Å²) in [6.45, 7) is 3.84. The second kappa shape index (κ2) is 7.76. The molecule has 4 heterocycles. The SMILES string of the molecule is CCn1ccc(C(=O)N2[C@@H]3CC[C@H]2CC(OC2CCN(S(C)(=O)=O)CC2)C3)n1. The Morgan fingerprint density at radius 1 is 1.14 bits per heavy atom. The number of amides is 1. The highest BCUT2D eigenvalue weighted by atomic mass is 32.2. The molecule has 0 radical (unpaired) electrons. The Morgan fingerprint density at radius 3 is 2.32 bits per heavy atom. The molecule has 9 heteroatoms. The number of aryl methyl sites for hydroxylation is 1. The Hall–Kier alpha value is -1.45. The summed E-state index contributed by atoms with van der Waals surface area (Å²) in [6, 6.07) is 2.25. The number of rotatable bonds is 5. The van der Waals surface area contributed by atoms with Crippen LogP contribution in [0.3, 0.4) is 0 Å². The molecule has 0 aromatic carbocycles. The van der Waals surface area contributed by atoms with Gasteiger partial charge >= 0.3 is 0 Å². The van der Waals surface area contributed by atoms with E-state index in [0.29, 0.717) is 18.8 Å². The number of piperidine rings is 2. The minimum absolute atomic E-state index is 0.0413. The highest BCUT2D eigenvalue weighted by molar-refractivity contribution is 7.88. The first-order chi connectivity index (χ1) is 13.3. The third kappa shape index (κ3) is 3.97. The van der Waals surface area contributed by atoms with Crippen molar-refractivity contribution in [3.05, 3.63) is 18.0 Å². The van der Waals surface area contributed by atoms with Crippen LogP contribution >= 0.6 is 0 Å². The maximum atomic E-state index is 13.0. The van der Waals surface area contributed by atoms with E-state index < -0.39 is 10.0 Å². The van der Waals surface area contributed by atoms with Gasteiger partial charge in [-0.3, -0.25) is 9.48 Å². The molecule has 3 aliphatic heterocycles. The molecular formula is C19H30N4O4S. The van der Waals surface area contributed by atoms with Gasteiger partial charge in [-0.25, -0.2) is 12.7 Å². The maximum Gasteiger partial charge on any atom is 0.274 e. The summed E-state index contributed by atoms with van der Waals surface area (Å²) in [5.74, 6) is 0.0413. The highest BCUT2D eigenvalue weighted by Crippen LogP contribution is 2.38. The second-order valence-electron chi connectivity index (χ2n) is 8.24. The third-order valence-electron chi connectivity index (χ3n) is 6.36. The van der Waals surface area contributed by atoms with E-state index in [1.807, 2.05) is 24.1 Å². The molecule has 3 atom stereocenters. The highest BCUT2D eigenvalue weighted by Gasteiger charge is 2.45. The second-order valence-corrected chi connectivity index (χ2v) is 10.2. The zero-order valence-corrected chi connectivity index (χ0v) is 17.5. The fourth-order valence-corrected chi connectivity index (χ4v) is 5.80. The van der Waals surface area contributed by atoms with E-state index in [9.17, 15) is 13.2 Å². The molecule has 0 aliphatic carbocycles. The van der Waals surface area contributed by atoms with Gasteiger partial charge in [0.05, 0.1) is 18.5 Å². The third-order valence-corrected chi connectivity index (χ3v) is 7.67. The van der Waals surface area contributed by atoms with Crippen molar-refractivity contribution >= 4 is 15.9 Å². The average molecular weight is 411 g/mol. The zero-order valence-electron chi connectivity index (χ0n) is 16.7. The molecule has 3 aliphatic rings. The normalized spacial score (nSPS) is 29.4. The predicted molar refractivity (Wildman–Crippen MR) is 104 cm³/mol. The first kappa shape index (κ1) is 19.8. The molecule has 4 rings (SSSR count). The number of aromatic nitrogens is 2. The van der Waals surface area contributed by atoms with Crippen molar-refractivity contribution in [1.29, 1.82) is 0 Å². The standard InChI is InChI=1S/C19H30N4O4S/c1-3-21-9-8-18(20-21)19(24)23-14-4-5-15(23)13-17(12-14)27-16-6-10-22(11-7-16)28(2,25)26/h8-9,14-17H,3-7,10-13H2,1-2H3/t14-,15+,17?. The Kier molecular flexibility index (Phi) is 5.50. The molecule has 156 valence electrons. The van der Waals surface area contributed by atoms with Crippen molar-refractivity contribution in [2.75, 3.05) is 19.3 Å². The summed E-state index contributed by atoms with van der Waals surface area (Å²) in [7, 11) is -3.11. The van der Waals surface area contributed by atoms with Crippen molar-refractivity contribution in [2.45, 2.75) is 76.3 Å². The van der Waals surface area contributed by atoms with Gasteiger partial charge in [-0.1, -0.05) is 0 Å². The predicted octanol–water partition coefficient (Wildman–Crippen LogP) is 1.48. The van der Waals surface area contributed by atoms with E-state index in [-0.39, 0.29) is 30.2 Å². The van der Waals surface area contributed by atoms with Crippen molar-refractivity contribution < 1.29 is 17.9 Å². The Balaban J connectivity index is 1.33. The van der Waals surface area contributed by atoms with Crippen LogP contribution in [0.1, 0.15) is 55.9 Å². The van der Waals surface area contributed by atoms with Crippen LogP contribution in [0, 0.1) is 0 Å². The van der Waals surface area contributed by atoms with Gasteiger partial charge in [0.25, 0.3) is 5.91 Å². The Morgan fingerprint density at radius 2 is 1.79 bits per heavy atom. The van der Waals surface area contributed by atoms with Crippen molar-refractivity contribution in [3.8, 4) is 0 Å². The molecule has 1 amide bonds. The molecule has 3 saturated heterocycles. The van der Waals surface area contributed by atoms with Crippen LogP contribution in [0.4, 0.5) is 0 Å². The number of carbonyl (C=O) groups excluding carboxylic acids is 1. The van der Waals surface area contributed by atoms with Crippen molar-refractivity contribution in [2.24, 2.45) is 0 Å². The van der Waals surface area contributed by atoms with Crippen LogP contribution in [0.2, 0.25) is 0 Å². The van der Waals surface area contributed by atoms with Crippen LogP contribution in [0.25, 0.3) is 0 Å². The Labute approximate surface area is 166 Å². The molecule has 0 spiro atoms. The van der Waals surface area contributed by atoms with E-state index in [0.717, 1.165) is 45.1 Å². The number of nitrogens with zero attached hydrogens (tertiary/aromatic N) is 4. The summed E-state index contributed by atoms with van der Waals surface area (Å²) in [4.78, 5) is 15.0. The minimum Gasteiger partial charge on any atom is -0.375 e. The number of fused-ring (bicyclic) bond motifs is 2. The zero-order chi connectivity index (χ0) is 19.9. The quantitative estimate of drug-likeness (QED) is 0.734.